The number of aromatic nitrogens is 4. The van der Waals surface area contributed by atoms with Crippen LogP contribution in [0.3, 0.4) is 0 Å². The fourth-order valence-corrected chi connectivity index (χ4v) is 8.17. The van der Waals surface area contributed by atoms with Crippen LogP contribution in [0.2, 0.25) is 0 Å². The summed E-state index contributed by atoms with van der Waals surface area (Å²) >= 11 is 0. The molecule has 0 unspecified atom stereocenters. The average molecular weight is 663 g/mol. The van der Waals surface area contributed by atoms with Gasteiger partial charge in [0.25, 0.3) is 0 Å². The van der Waals surface area contributed by atoms with E-state index < -0.39 is 0 Å². The van der Waals surface area contributed by atoms with Gasteiger partial charge in [0.2, 0.25) is 0 Å². The van der Waals surface area contributed by atoms with E-state index in [0.717, 1.165) is 56.0 Å². The van der Waals surface area contributed by atoms with Gasteiger partial charge in [-0.3, -0.25) is 0 Å². The van der Waals surface area contributed by atoms with Crippen molar-refractivity contribution in [3.8, 4) is 34.0 Å². The molecule has 11 aromatic rings. The zero-order chi connectivity index (χ0) is 34.2. The van der Waals surface area contributed by atoms with E-state index in [2.05, 4.69) is 167 Å². The molecule has 0 atom stereocenters. The Hall–Kier alpha value is -7.04. The van der Waals surface area contributed by atoms with Crippen LogP contribution in [0.5, 0.6) is 0 Å². The van der Waals surface area contributed by atoms with Gasteiger partial charge in [-0.25, -0.2) is 9.97 Å². The third-order valence-corrected chi connectivity index (χ3v) is 10.5. The summed E-state index contributed by atoms with van der Waals surface area (Å²) in [5.41, 5.74) is 10.8. The highest BCUT2D eigenvalue weighted by Gasteiger charge is 2.21. The summed E-state index contributed by atoms with van der Waals surface area (Å²) in [6.07, 6.45) is 0. The lowest BCUT2D eigenvalue weighted by Crippen LogP contribution is -1.99. The predicted molar refractivity (Wildman–Crippen MR) is 217 cm³/mol. The van der Waals surface area contributed by atoms with Crippen molar-refractivity contribution in [1.29, 1.82) is 0 Å². The Morgan fingerprint density at radius 2 is 1.00 bits per heavy atom. The van der Waals surface area contributed by atoms with E-state index in [1.54, 1.807) is 0 Å². The van der Waals surface area contributed by atoms with Crippen molar-refractivity contribution < 1.29 is 0 Å². The molecule has 0 saturated heterocycles. The lowest BCUT2D eigenvalue weighted by molar-refractivity contribution is 1.16. The Labute approximate surface area is 299 Å². The fraction of sp³-hybridized carbons (Fsp3) is 0. The SMILES string of the molecule is c1ccc(-c2nc(-c3ccccc3)c3cc(-n4c5ccccc5c5cc6c7c8ccccc8ccc7n(-c7ccccc7)c6cc54)ccc3n2)cc1. The number of benzene rings is 8. The number of hydrogen-bond donors (Lipinski definition) is 0. The van der Waals surface area contributed by atoms with Gasteiger partial charge in [-0.15, -0.1) is 0 Å². The molecule has 0 radical (unpaired) electrons. The average Bonchev–Trinajstić information content (AvgIpc) is 3.72. The summed E-state index contributed by atoms with van der Waals surface area (Å²) < 4.78 is 4.83. The number of rotatable bonds is 4. The molecule has 0 aliphatic rings. The third-order valence-electron chi connectivity index (χ3n) is 10.5. The molecule has 0 fully saturated rings. The molecule has 0 aliphatic heterocycles. The van der Waals surface area contributed by atoms with Gasteiger partial charge >= 0.3 is 0 Å². The van der Waals surface area contributed by atoms with Gasteiger partial charge in [0.15, 0.2) is 5.82 Å². The van der Waals surface area contributed by atoms with E-state index in [9.17, 15) is 0 Å². The number of fused-ring (bicyclic) bond motifs is 9. The lowest BCUT2D eigenvalue weighted by Gasteiger charge is -2.13. The molecule has 4 nitrogen and oxygen atoms in total. The van der Waals surface area contributed by atoms with E-state index >= 15 is 0 Å². The second-order valence-electron chi connectivity index (χ2n) is 13.4. The van der Waals surface area contributed by atoms with Crippen LogP contribution in [0.1, 0.15) is 0 Å². The van der Waals surface area contributed by atoms with Gasteiger partial charge in [-0.05, 0) is 65.4 Å². The Bertz CT molecular complexity index is 3160. The molecule has 4 heteroatoms. The minimum absolute atomic E-state index is 0.722. The summed E-state index contributed by atoms with van der Waals surface area (Å²) in [6.45, 7) is 0. The highest BCUT2D eigenvalue weighted by molar-refractivity contribution is 6.25. The minimum atomic E-state index is 0.722. The van der Waals surface area contributed by atoms with Crippen molar-refractivity contribution in [3.63, 3.8) is 0 Å². The molecule has 0 N–H and O–H groups in total. The first-order valence-corrected chi connectivity index (χ1v) is 17.7. The van der Waals surface area contributed by atoms with Crippen LogP contribution in [0.15, 0.2) is 182 Å². The molecule has 3 heterocycles. The first kappa shape index (κ1) is 28.8. The summed E-state index contributed by atoms with van der Waals surface area (Å²) in [5.74, 6) is 0.722. The van der Waals surface area contributed by atoms with Crippen LogP contribution in [0.4, 0.5) is 0 Å². The Kier molecular flexibility index (Phi) is 6.22. The van der Waals surface area contributed by atoms with Crippen molar-refractivity contribution in [2.45, 2.75) is 0 Å². The van der Waals surface area contributed by atoms with Gasteiger partial charge in [0.1, 0.15) is 0 Å². The molecular formula is C48H30N4. The number of para-hydroxylation sites is 2. The Morgan fingerprint density at radius 3 is 1.81 bits per heavy atom. The first-order chi connectivity index (χ1) is 25.8. The molecule has 0 saturated carbocycles. The standard InChI is InChI=1S/C48H30N4/c1-4-15-32(16-5-1)47-39-28-35(25-26-41(39)49-48(50-47)33-17-6-2-7-18-33)52-42-23-13-12-22-37(42)38-29-40-45(30-44(38)52)51(34-19-8-3-9-20-34)43-27-24-31-14-10-11-21-36(31)46(40)43/h1-30H. The summed E-state index contributed by atoms with van der Waals surface area (Å²) in [5, 5.41) is 8.49. The highest BCUT2D eigenvalue weighted by atomic mass is 15.0. The van der Waals surface area contributed by atoms with E-state index in [4.69, 9.17) is 9.97 Å². The smallest absolute Gasteiger partial charge is 0.160 e. The Balaban J connectivity index is 1.24. The molecular weight excluding hydrogens is 633 g/mol. The fourth-order valence-electron chi connectivity index (χ4n) is 8.17. The van der Waals surface area contributed by atoms with E-state index in [0.29, 0.717) is 0 Å². The zero-order valence-electron chi connectivity index (χ0n) is 28.1. The first-order valence-electron chi connectivity index (χ1n) is 17.7. The van der Waals surface area contributed by atoms with Gasteiger partial charge in [-0.2, -0.15) is 0 Å². The van der Waals surface area contributed by atoms with Crippen LogP contribution < -0.4 is 0 Å². The van der Waals surface area contributed by atoms with Crippen LogP contribution in [0.25, 0.3) is 99.3 Å². The van der Waals surface area contributed by atoms with Crippen LogP contribution in [-0.4, -0.2) is 19.1 Å². The molecule has 0 amide bonds. The summed E-state index contributed by atoms with van der Waals surface area (Å²) in [7, 11) is 0. The van der Waals surface area contributed by atoms with Gasteiger partial charge < -0.3 is 9.13 Å². The molecule has 52 heavy (non-hydrogen) atoms. The molecule has 11 rings (SSSR count). The molecule has 0 aliphatic carbocycles. The van der Waals surface area contributed by atoms with Crippen molar-refractivity contribution in [1.82, 2.24) is 19.1 Å². The van der Waals surface area contributed by atoms with Crippen LogP contribution in [-0.2, 0) is 0 Å². The monoisotopic (exact) mass is 662 g/mol. The van der Waals surface area contributed by atoms with E-state index in [1.165, 1.54) is 43.4 Å². The maximum atomic E-state index is 5.20. The van der Waals surface area contributed by atoms with Crippen molar-refractivity contribution in [2.24, 2.45) is 0 Å². The van der Waals surface area contributed by atoms with Crippen molar-refractivity contribution in [3.05, 3.63) is 182 Å². The third kappa shape index (κ3) is 4.28. The normalized spacial score (nSPS) is 11.8. The lowest BCUT2D eigenvalue weighted by atomic mass is 10.0. The topological polar surface area (TPSA) is 35.6 Å². The summed E-state index contributed by atoms with van der Waals surface area (Å²) in [4.78, 5) is 10.3. The molecule has 3 aromatic heterocycles. The van der Waals surface area contributed by atoms with Crippen LogP contribution in [0, 0.1) is 0 Å². The molecule has 242 valence electrons. The van der Waals surface area contributed by atoms with Gasteiger partial charge in [0.05, 0.1) is 33.3 Å². The summed E-state index contributed by atoms with van der Waals surface area (Å²) in [6, 6.07) is 64.9. The number of nitrogens with zero attached hydrogens (tertiary/aromatic N) is 4. The zero-order valence-corrected chi connectivity index (χ0v) is 28.1. The molecule has 8 aromatic carbocycles. The Morgan fingerprint density at radius 1 is 0.346 bits per heavy atom. The predicted octanol–water partition coefficient (Wildman–Crippen LogP) is 12.3. The molecule has 0 spiro atoms. The quantitative estimate of drug-likeness (QED) is 0.188. The largest absolute Gasteiger partial charge is 0.309 e. The van der Waals surface area contributed by atoms with E-state index in [1.807, 2.05) is 24.3 Å². The second kappa shape index (κ2) is 11.2. The van der Waals surface area contributed by atoms with Gasteiger partial charge in [-0.1, -0.05) is 127 Å². The van der Waals surface area contributed by atoms with Gasteiger partial charge in [0, 0.05) is 49.4 Å². The minimum Gasteiger partial charge on any atom is -0.309 e. The molecule has 0 bridgehead atoms. The number of hydrogen-bond acceptors (Lipinski definition) is 2. The maximum absolute atomic E-state index is 5.20. The maximum Gasteiger partial charge on any atom is 0.160 e. The van der Waals surface area contributed by atoms with Crippen LogP contribution >= 0.6 is 0 Å². The van der Waals surface area contributed by atoms with Crippen molar-refractivity contribution >= 4 is 65.3 Å². The highest BCUT2D eigenvalue weighted by Crippen LogP contribution is 2.42. The van der Waals surface area contributed by atoms with E-state index in [-0.39, 0.29) is 0 Å². The second-order valence-corrected chi connectivity index (χ2v) is 13.4. The van der Waals surface area contributed by atoms with Crippen molar-refractivity contribution in [2.75, 3.05) is 0 Å².